The van der Waals surface area contributed by atoms with E-state index >= 15 is 0 Å². The van der Waals surface area contributed by atoms with Gasteiger partial charge in [0, 0.05) is 31.7 Å². The number of hydrogen-bond donors (Lipinski definition) is 0. The second-order valence-corrected chi connectivity index (χ2v) is 6.98. The van der Waals surface area contributed by atoms with Gasteiger partial charge in [0.15, 0.2) is 0 Å². The first-order valence-corrected chi connectivity index (χ1v) is 8.37. The van der Waals surface area contributed by atoms with E-state index in [4.69, 9.17) is 10.5 Å². The van der Waals surface area contributed by atoms with Crippen molar-refractivity contribution in [1.29, 1.82) is 10.5 Å². The Morgan fingerprint density at radius 1 is 1.04 bits per heavy atom. The molecule has 0 aliphatic carbocycles. The second-order valence-electron chi connectivity index (χ2n) is 6.98. The Morgan fingerprint density at radius 3 is 2.17 bits per heavy atom. The molecule has 0 aromatic carbocycles. The van der Waals surface area contributed by atoms with Crippen molar-refractivity contribution in [1.82, 2.24) is 14.7 Å². The minimum atomic E-state index is 0.0275. The minimum Gasteiger partial charge on any atom is -0.340 e. The lowest BCUT2D eigenvalue weighted by Crippen LogP contribution is -2.45. The molecule has 0 atom stereocenters. The van der Waals surface area contributed by atoms with Crippen LogP contribution in [-0.4, -0.2) is 72.0 Å². The Kier molecular flexibility index (Phi) is 8.02. The van der Waals surface area contributed by atoms with Crippen LogP contribution in [0, 0.1) is 22.7 Å². The van der Waals surface area contributed by atoms with E-state index in [-0.39, 0.29) is 11.4 Å². The fourth-order valence-electron chi connectivity index (χ4n) is 2.82. The zero-order valence-corrected chi connectivity index (χ0v) is 14.7. The fraction of sp³-hybridized carbons (Fsp3) is 0.824. The summed E-state index contributed by atoms with van der Waals surface area (Å²) in [6.07, 6.45) is 1.69. The molecule has 0 unspecified atom stereocenters. The number of carbonyl (C=O) groups is 1. The average molecular weight is 319 g/mol. The SMILES string of the molecule is CC(C)(C)N1CCCN(CC(=O)N(CCC#N)CCC#N)CC1. The molecule has 0 radical (unpaired) electrons. The molecule has 1 heterocycles. The largest absolute Gasteiger partial charge is 0.340 e. The van der Waals surface area contributed by atoms with Gasteiger partial charge in [0.2, 0.25) is 5.91 Å². The summed E-state index contributed by atoms with van der Waals surface area (Å²) in [5, 5.41) is 17.4. The number of nitriles is 2. The van der Waals surface area contributed by atoms with Crippen LogP contribution in [0.15, 0.2) is 0 Å². The molecule has 0 saturated carbocycles. The van der Waals surface area contributed by atoms with Gasteiger partial charge in [-0.25, -0.2) is 0 Å². The number of rotatable bonds is 6. The highest BCUT2D eigenvalue weighted by Crippen LogP contribution is 2.16. The number of nitrogens with zero attached hydrogens (tertiary/aromatic N) is 5. The van der Waals surface area contributed by atoms with Crippen molar-refractivity contribution in [3.8, 4) is 12.1 Å². The maximum absolute atomic E-state index is 12.5. The highest BCUT2D eigenvalue weighted by Gasteiger charge is 2.25. The monoisotopic (exact) mass is 319 g/mol. The van der Waals surface area contributed by atoms with Gasteiger partial charge in [-0.3, -0.25) is 14.6 Å². The summed E-state index contributed by atoms with van der Waals surface area (Å²) in [4.78, 5) is 18.8. The summed E-state index contributed by atoms with van der Waals surface area (Å²) in [6, 6.07) is 4.14. The lowest BCUT2D eigenvalue weighted by Gasteiger charge is -2.34. The molecule has 1 aliphatic rings. The first kappa shape index (κ1) is 19.4. The standard InChI is InChI=1S/C17H29N5O/c1-17(2,3)22-12-6-9-20(13-14-22)15-16(23)21(10-4-7-18)11-5-8-19/h4-6,9-15H2,1-3H3. The lowest BCUT2D eigenvalue weighted by atomic mass is 10.1. The molecular formula is C17H29N5O. The predicted octanol–water partition coefficient (Wildman–Crippen LogP) is 1.45. The molecule has 0 bridgehead atoms. The summed E-state index contributed by atoms with van der Waals surface area (Å²) >= 11 is 0. The van der Waals surface area contributed by atoms with Crippen LogP contribution in [0.3, 0.4) is 0 Å². The Hall–Kier alpha value is -1.63. The van der Waals surface area contributed by atoms with Crippen molar-refractivity contribution >= 4 is 5.91 Å². The van der Waals surface area contributed by atoms with Crippen molar-refractivity contribution in [2.45, 2.75) is 45.6 Å². The average Bonchev–Trinajstić information content (AvgIpc) is 2.72. The van der Waals surface area contributed by atoms with Gasteiger partial charge in [0.1, 0.15) is 0 Å². The van der Waals surface area contributed by atoms with Gasteiger partial charge in [-0.1, -0.05) is 0 Å². The van der Waals surface area contributed by atoms with Gasteiger partial charge in [-0.15, -0.1) is 0 Å². The molecular weight excluding hydrogens is 290 g/mol. The molecule has 1 saturated heterocycles. The molecule has 0 aromatic heterocycles. The van der Waals surface area contributed by atoms with E-state index in [0.717, 1.165) is 32.6 Å². The van der Waals surface area contributed by atoms with E-state index < -0.39 is 0 Å². The predicted molar refractivity (Wildman–Crippen MR) is 89.4 cm³/mol. The Morgan fingerprint density at radius 2 is 1.65 bits per heavy atom. The molecule has 1 fully saturated rings. The van der Waals surface area contributed by atoms with Crippen molar-refractivity contribution < 1.29 is 4.79 Å². The summed E-state index contributed by atoms with van der Waals surface area (Å²) in [5.74, 6) is 0.0275. The molecule has 6 heteroatoms. The third kappa shape index (κ3) is 6.99. The topological polar surface area (TPSA) is 74.4 Å². The quantitative estimate of drug-likeness (QED) is 0.741. The molecule has 1 rings (SSSR count). The van der Waals surface area contributed by atoms with E-state index in [9.17, 15) is 4.79 Å². The smallest absolute Gasteiger partial charge is 0.236 e. The highest BCUT2D eigenvalue weighted by molar-refractivity contribution is 5.78. The Labute approximate surface area is 140 Å². The molecule has 6 nitrogen and oxygen atoms in total. The van der Waals surface area contributed by atoms with E-state index in [1.807, 2.05) is 0 Å². The molecule has 128 valence electrons. The van der Waals surface area contributed by atoms with Crippen molar-refractivity contribution in [2.24, 2.45) is 0 Å². The van der Waals surface area contributed by atoms with Crippen molar-refractivity contribution in [2.75, 3.05) is 45.8 Å². The molecule has 1 amide bonds. The van der Waals surface area contributed by atoms with E-state index in [1.54, 1.807) is 4.90 Å². The van der Waals surface area contributed by atoms with Crippen LogP contribution in [0.5, 0.6) is 0 Å². The zero-order chi connectivity index (χ0) is 17.3. The normalized spacial score (nSPS) is 17.1. The Balaban J connectivity index is 2.54. The summed E-state index contributed by atoms with van der Waals surface area (Å²) < 4.78 is 0. The van der Waals surface area contributed by atoms with E-state index in [2.05, 4.69) is 42.7 Å². The maximum atomic E-state index is 12.5. The number of carbonyl (C=O) groups excluding carboxylic acids is 1. The van der Waals surface area contributed by atoms with Crippen LogP contribution in [0.4, 0.5) is 0 Å². The van der Waals surface area contributed by atoms with E-state index in [0.29, 0.717) is 32.5 Å². The van der Waals surface area contributed by atoms with Gasteiger partial charge in [0.25, 0.3) is 0 Å². The van der Waals surface area contributed by atoms with Gasteiger partial charge in [-0.05, 0) is 40.3 Å². The van der Waals surface area contributed by atoms with Gasteiger partial charge in [0.05, 0.1) is 31.5 Å². The summed E-state index contributed by atoms with van der Waals surface area (Å²) in [7, 11) is 0. The van der Waals surface area contributed by atoms with Crippen LogP contribution in [0.25, 0.3) is 0 Å². The van der Waals surface area contributed by atoms with Crippen LogP contribution in [0.2, 0.25) is 0 Å². The van der Waals surface area contributed by atoms with Crippen LogP contribution in [-0.2, 0) is 4.79 Å². The highest BCUT2D eigenvalue weighted by atomic mass is 16.2. The fourth-order valence-corrected chi connectivity index (χ4v) is 2.82. The molecule has 0 spiro atoms. The lowest BCUT2D eigenvalue weighted by molar-refractivity contribution is -0.132. The molecule has 23 heavy (non-hydrogen) atoms. The van der Waals surface area contributed by atoms with E-state index in [1.165, 1.54) is 0 Å². The molecule has 0 aromatic rings. The zero-order valence-electron chi connectivity index (χ0n) is 14.7. The first-order chi connectivity index (χ1) is 10.9. The number of amides is 1. The van der Waals surface area contributed by atoms with Crippen LogP contribution >= 0.6 is 0 Å². The van der Waals surface area contributed by atoms with Gasteiger partial charge >= 0.3 is 0 Å². The second kappa shape index (κ2) is 9.50. The van der Waals surface area contributed by atoms with Crippen molar-refractivity contribution in [3.63, 3.8) is 0 Å². The van der Waals surface area contributed by atoms with Crippen molar-refractivity contribution in [3.05, 3.63) is 0 Å². The minimum absolute atomic E-state index is 0.0275. The molecule has 0 N–H and O–H groups in total. The third-order valence-electron chi connectivity index (χ3n) is 4.24. The van der Waals surface area contributed by atoms with Gasteiger partial charge < -0.3 is 4.90 Å². The maximum Gasteiger partial charge on any atom is 0.236 e. The number of hydrogen-bond acceptors (Lipinski definition) is 5. The van der Waals surface area contributed by atoms with Crippen LogP contribution in [0.1, 0.15) is 40.0 Å². The summed E-state index contributed by atoms with van der Waals surface area (Å²) in [6.45, 7) is 11.7. The van der Waals surface area contributed by atoms with Gasteiger partial charge in [-0.2, -0.15) is 10.5 Å². The Bertz CT molecular complexity index is 439. The van der Waals surface area contributed by atoms with Crippen LogP contribution < -0.4 is 0 Å². The third-order valence-corrected chi connectivity index (χ3v) is 4.24. The summed E-state index contributed by atoms with van der Waals surface area (Å²) in [5.41, 5.74) is 0.158. The molecule has 1 aliphatic heterocycles. The first-order valence-electron chi connectivity index (χ1n) is 8.37.